The number of pyridine rings is 2. The monoisotopic (exact) mass is 580 g/mol. The Labute approximate surface area is 247 Å². The van der Waals surface area contributed by atoms with Crippen LogP contribution in [0, 0.1) is 30.4 Å². The van der Waals surface area contributed by atoms with Gasteiger partial charge in [-0.1, -0.05) is 19.9 Å². The lowest BCUT2D eigenvalue weighted by molar-refractivity contribution is 0.111. The van der Waals surface area contributed by atoms with Gasteiger partial charge in [-0.05, 0) is 115 Å². The molecule has 3 unspecified atom stereocenters. The highest BCUT2D eigenvalue weighted by Gasteiger charge is 2.30. The zero-order chi connectivity index (χ0) is 29.5. The Morgan fingerprint density at radius 3 is 2.46 bits per heavy atom. The Hall–Kier alpha value is -2.84. The zero-order valence-corrected chi connectivity index (χ0v) is 25.3. The van der Waals surface area contributed by atoms with Gasteiger partial charge in [0.2, 0.25) is 0 Å². The van der Waals surface area contributed by atoms with Crippen molar-refractivity contribution < 1.29 is 13.6 Å². The van der Waals surface area contributed by atoms with Crippen molar-refractivity contribution in [2.45, 2.75) is 70.8 Å². The fourth-order valence-electron chi connectivity index (χ4n) is 6.21. The number of carbonyl (C=O) groups excluding carboxylic acids is 1. The summed E-state index contributed by atoms with van der Waals surface area (Å²) < 4.78 is 28.7. The van der Waals surface area contributed by atoms with Gasteiger partial charge >= 0.3 is 0 Å². The first-order valence-electron chi connectivity index (χ1n) is 14.6. The van der Waals surface area contributed by atoms with E-state index in [1.54, 1.807) is 6.92 Å². The third-order valence-corrected chi connectivity index (χ3v) is 9.56. The molecular weight excluding hydrogens is 538 g/mol. The summed E-state index contributed by atoms with van der Waals surface area (Å²) >= 11 is 1.92. The van der Waals surface area contributed by atoms with Crippen LogP contribution in [0.15, 0.2) is 42.7 Å². The normalized spacial score (nSPS) is 21.2. The lowest BCUT2D eigenvalue weighted by Crippen LogP contribution is -2.34. The predicted octanol–water partition coefficient (Wildman–Crippen LogP) is 7.75. The molecule has 1 saturated heterocycles. The maximum absolute atomic E-state index is 14.7. The average molecular weight is 581 g/mol. The highest BCUT2D eigenvalue weighted by molar-refractivity contribution is 7.99. The van der Waals surface area contributed by atoms with E-state index in [2.05, 4.69) is 35.2 Å². The van der Waals surface area contributed by atoms with Crippen LogP contribution in [-0.4, -0.2) is 40.8 Å². The van der Waals surface area contributed by atoms with E-state index in [9.17, 15) is 13.6 Å². The van der Waals surface area contributed by atoms with E-state index in [0.29, 0.717) is 29.7 Å². The zero-order valence-electron chi connectivity index (χ0n) is 24.5. The Bertz CT molecular complexity index is 1310. The number of halogens is 2. The van der Waals surface area contributed by atoms with Crippen LogP contribution in [0.2, 0.25) is 0 Å². The van der Waals surface area contributed by atoms with Gasteiger partial charge in [-0.2, -0.15) is 11.8 Å². The molecule has 1 aliphatic heterocycles. The topological polar surface area (TPSA) is 80.9 Å². The number of carbonyl (C=O) groups is 1. The van der Waals surface area contributed by atoms with Gasteiger partial charge in [-0.25, -0.2) is 13.8 Å². The van der Waals surface area contributed by atoms with Gasteiger partial charge in [0.15, 0.2) is 6.29 Å². The molecule has 0 amide bonds. The molecule has 3 atom stereocenters. The molecule has 0 bridgehead atoms. The van der Waals surface area contributed by atoms with Crippen molar-refractivity contribution in [2.24, 2.45) is 17.6 Å². The second kappa shape index (κ2) is 14.4. The Morgan fingerprint density at radius 1 is 1.05 bits per heavy atom. The van der Waals surface area contributed by atoms with Gasteiger partial charge in [0.1, 0.15) is 23.0 Å². The Morgan fingerprint density at radius 2 is 1.80 bits per heavy atom. The van der Waals surface area contributed by atoms with Crippen LogP contribution >= 0.6 is 11.8 Å². The highest BCUT2D eigenvalue weighted by atomic mass is 32.2. The third kappa shape index (κ3) is 7.72. The minimum atomic E-state index is -0.626. The molecule has 0 spiro atoms. The summed E-state index contributed by atoms with van der Waals surface area (Å²) in [6.07, 6.45) is 9.94. The van der Waals surface area contributed by atoms with Crippen molar-refractivity contribution in [2.75, 3.05) is 23.9 Å². The van der Waals surface area contributed by atoms with Crippen LogP contribution in [0.4, 0.5) is 14.5 Å². The molecule has 1 aliphatic carbocycles. The molecule has 5 nitrogen and oxygen atoms in total. The van der Waals surface area contributed by atoms with E-state index >= 15 is 0 Å². The first-order valence-corrected chi connectivity index (χ1v) is 15.7. The third-order valence-electron chi connectivity index (χ3n) is 8.51. The molecule has 1 aromatic carbocycles. The van der Waals surface area contributed by atoms with E-state index < -0.39 is 11.6 Å². The SMILES string of the molecule is CNc1cnccc1C1CC(N)CC(C(C)C)C1.Cc1cc(C2CCSCC2)cc(F)c1-c1nc(C=O)ccc1F. The van der Waals surface area contributed by atoms with Crippen LogP contribution in [0.3, 0.4) is 0 Å². The van der Waals surface area contributed by atoms with E-state index in [-0.39, 0.29) is 17.0 Å². The fraction of sp³-hybridized carbons (Fsp3) is 0.485. The van der Waals surface area contributed by atoms with E-state index in [1.807, 2.05) is 37.3 Å². The number of aromatic nitrogens is 2. The molecule has 3 N–H and O–H groups in total. The number of rotatable bonds is 6. The number of thioether (sulfide) groups is 1. The quantitative estimate of drug-likeness (QED) is 0.290. The number of nitrogens with two attached hydrogens (primary N) is 1. The van der Waals surface area contributed by atoms with Crippen LogP contribution < -0.4 is 11.1 Å². The number of nitrogens with one attached hydrogen (secondary N) is 1. The van der Waals surface area contributed by atoms with E-state index in [1.165, 1.54) is 30.5 Å². The van der Waals surface area contributed by atoms with Gasteiger partial charge in [0.25, 0.3) is 0 Å². The maximum Gasteiger partial charge on any atom is 0.168 e. The lowest BCUT2D eigenvalue weighted by atomic mass is 9.72. The van der Waals surface area contributed by atoms with Crippen molar-refractivity contribution in [1.82, 2.24) is 9.97 Å². The Balaban J connectivity index is 0.000000195. The second-order valence-corrected chi connectivity index (χ2v) is 12.9. The van der Waals surface area contributed by atoms with Crippen LogP contribution in [0.25, 0.3) is 11.3 Å². The number of anilines is 1. The molecule has 2 aromatic heterocycles. The van der Waals surface area contributed by atoms with Crippen molar-refractivity contribution in [3.63, 3.8) is 0 Å². The largest absolute Gasteiger partial charge is 0.387 e. The number of hydrogen-bond acceptors (Lipinski definition) is 6. The first-order chi connectivity index (χ1) is 19.7. The molecule has 220 valence electrons. The number of benzene rings is 1. The van der Waals surface area contributed by atoms with Crippen LogP contribution in [-0.2, 0) is 0 Å². The second-order valence-electron chi connectivity index (χ2n) is 11.6. The molecule has 3 heterocycles. The molecule has 2 fully saturated rings. The molecule has 41 heavy (non-hydrogen) atoms. The summed E-state index contributed by atoms with van der Waals surface area (Å²) in [4.78, 5) is 19.0. The van der Waals surface area contributed by atoms with Gasteiger partial charge in [-0.15, -0.1) is 0 Å². The summed E-state index contributed by atoms with van der Waals surface area (Å²) in [6.45, 7) is 6.38. The van der Waals surface area contributed by atoms with Crippen LogP contribution in [0.5, 0.6) is 0 Å². The number of hydrogen-bond donors (Lipinski definition) is 2. The van der Waals surface area contributed by atoms with Gasteiger partial charge in [0.05, 0.1) is 11.9 Å². The van der Waals surface area contributed by atoms with Gasteiger partial charge in [-0.3, -0.25) is 9.78 Å². The minimum Gasteiger partial charge on any atom is -0.387 e. The van der Waals surface area contributed by atoms with Crippen LogP contribution in [0.1, 0.15) is 85.0 Å². The van der Waals surface area contributed by atoms with E-state index in [4.69, 9.17) is 5.73 Å². The van der Waals surface area contributed by atoms with Crippen molar-refractivity contribution >= 4 is 23.7 Å². The minimum absolute atomic E-state index is 0.0913. The average Bonchev–Trinajstić information content (AvgIpc) is 2.98. The molecule has 1 saturated carbocycles. The highest BCUT2D eigenvalue weighted by Crippen LogP contribution is 2.41. The van der Waals surface area contributed by atoms with Crippen molar-refractivity contribution in [1.29, 1.82) is 0 Å². The number of aldehydes is 1. The summed E-state index contributed by atoms with van der Waals surface area (Å²) in [5.74, 6) is 3.47. The molecule has 0 radical (unpaired) electrons. The molecule has 5 rings (SSSR count). The number of nitrogens with zero attached hydrogens (tertiary/aromatic N) is 2. The van der Waals surface area contributed by atoms with Crippen molar-refractivity contribution in [3.05, 3.63) is 76.7 Å². The lowest BCUT2D eigenvalue weighted by Gasteiger charge is -2.36. The molecule has 3 aromatic rings. The fourth-order valence-corrected chi connectivity index (χ4v) is 7.32. The van der Waals surface area contributed by atoms with Gasteiger partial charge < -0.3 is 11.1 Å². The molecular formula is C33H42F2N4OS. The van der Waals surface area contributed by atoms with E-state index in [0.717, 1.165) is 59.9 Å². The number of aryl methyl sites for hydroxylation is 1. The Kier molecular flexibility index (Phi) is 10.9. The maximum atomic E-state index is 14.7. The summed E-state index contributed by atoms with van der Waals surface area (Å²) in [5.41, 5.74) is 10.5. The summed E-state index contributed by atoms with van der Waals surface area (Å²) in [5, 5.41) is 3.25. The van der Waals surface area contributed by atoms with Gasteiger partial charge in [0, 0.05) is 24.8 Å². The smallest absolute Gasteiger partial charge is 0.168 e. The summed E-state index contributed by atoms with van der Waals surface area (Å²) in [7, 11) is 1.96. The summed E-state index contributed by atoms with van der Waals surface area (Å²) in [6, 6.07) is 8.34. The first kappa shape index (κ1) is 31.1. The van der Waals surface area contributed by atoms with Crippen molar-refractivity contribution in [3.8, 4) is 11.3 Å². The molecule has 2 aliphatic rings. The molecule has 8 heteroatoms. The predicted molar refractivity (Wildman–Crippen MR) is 166 cm³/mol. The standard InChI is InChI=1S/C18H17F2NOS.C15H25N3/c1-11-8-13(12-4-6-23-7-5-12)9-16(20)17(11)18-15(19)3-2-14(10-22)21-18;1-10(2)11-6-12(8-13(16)7-11)14-4-5-18-9-15(14)17-3/h2-3,8-10,12H,4-7H2,1H3;4-5,9-13,17H,6-8,16H2,1-3H3.